The van der Waals surface area contributed by atoms with Crippen LogP contribution >= 0.6 is 11.8 Å². The summed E-state index contributed by atoms with van der Waals surface area (Å²) in [7, 11) is 0. The van der Waals surface area contributed by atoms with Crippen LogP contribution < -0.4 is 4.90 Å². The first-order valence-corrected chi connectivity index (χ1v) is 16.0. The molecule has 5 aliphatic rings. The molecule has 6 rings (SSSR count). The van der Waals surface area contributed by atoms with E-state index in [1.165, 1.54) is 36.1 Å². The summed E-state index contributed by atoms with van der Waals surface area (Å²) >= 11 is 1.78. The van der Waals surface area contributed by atoms with Gasteiger partial charge < -0.3 is 15.1 Å². The van der Waals surface area contributed by atoms with Gasteiger partial charge in [-0.15, -0.1) is 11.8 Å². The van der Waals surface area contributed by atoms with E-state index in [0.717, 1.165) is 43.7 Å². The number of aliphatic hydroxyl groups is 2. The molecule has 37 heavy (non-hydrogen) atoms. The SMILES string of the molecule is Cc1ccc2c(c1)SCN2C(=O)CC[C@@H](C)[C@H]1CC[C@H]2[C@@H]3[C@H](O)C[C@@H]4C[C@H](O)CC[C@]4(C)[C@H]3CC[C@]12C. The molecule has 4 nitrogen and oxygen atoms in total. The zero-order valence-corrected chi connectivity index (χ0v) is 24.1. The summed E-state index contributed by atoms with van der Waals surface area (Å²) in [6.07, 6.45) is 9.97. The molecule has 4 fully saturated rings. The van der Waals surface area contributed by atoms with Crippen LogP contribution in [0.4, 0.5) is 5.69 Å². The first-order chi connectivity index (χ1) is 17.6. The Morgan fingerprint density at radius 1 is 1.08 bits per heavy atom. The van der Waals surface area contributed by atoms with Crippen LogP contribution in [0.25, 0.3) is 0 Å². The molecule has 1 aromatic carbocycles. The van der Waals surface area contributed by atoms with Gasteiger partial charge in [-0.1, -0.05) is 26.8 Å². The molecule has 0 radical (unpaired) electrons. The third-order valence-corrected chi connectivity index (χ3v) is 13.3. The fraction of sp³-hybridized carbons (Fsp3) is 0.781. The monoisotopic (exact) mass is 525 g/mol. The first-order valence-electron chi connectivity index (χ1n) is 15.0. The first kappa shape index (κ1) is 26.2. The number of amides is 1. The zero-order chi connectivity index (χ0) is 26.1. The summed E-state index contributed by atoms with van der Waals surface area (Å²) < 4.78 is 0. The number of aliphatic hydroxyl groups excluding tert-OH is 2. The minimum Gasteiger partial charge on any atom is -0.393 e. The molecule has 204 valence electrons. The summed E-state index contributed by atoms with van der Waals surface area (Å²) in [6.45, 7) is 9.53. The second kappa shape index (κ2) is 9.55. The molecule has 10 atom stereocenters. The lowest BCUT2D eigenvalue weighted by molar-refractivity contribution is -0.174. The highest BCUT2D eigenvalue weighted by atomic mass is 32.2. The number of hydrogen-bond acceptors (Lipinski definition) is 4. The predicted molar refractivity (Wildman–Crippen MR) is 150 cm³/mol. The van der Waals surface area contributed by atoms with Crippen molar-refractivity contribution >= 4 is 23.4 Å². The van der Waals surface area contributed by atoms with Crippen molar-refractivity contribution in [2.24, 2.45) is 46.3 Å². The summed E-state index contributed by atoms with van der Waals surface area (Å²) in [5, 5.41) is 21.8. The number of nitrogens with zero attached hydrogens (tertiary/aromatic N) is 1. The molecule has 4 aliphatic carbocycles. The normalized spacial score (nSPS) is 43.5. The Morgan fingerprint density at radius 2 is 1.84 bits per heavy atom. The van der Waals surface area contributed by atoms with E-state index >= 15 is 0 Å². The van der Waals surface area contributed by atoms with Gasteiger partial charge in [-0.2, -0.15) is 0 Å². The van der Waals surface area contributed by atoms with Crippen molar-refractivity contribution in [3.63, 3.8) is 0 Å². The zero-order valence-electron chi connectivity index (χ0n) is 23.3. The highest BCUT2D eigenvalue weighted by molar-refractivity contribution is 8.00. The van der Waals surface area contributed by atoms with Crippen LogP contribution in [0.5, 0.6) is 0 Å². The van der Waals surface area contributed by atoms with Crippen molar-refractivity contribution in [2.45, 2.75) is 109 Å². The molecule has 2 N–H and O–H groups in total. The smallest absolute Gasteiger partial charge is 0.227 e. The lowest BCUT2D eigenvalue weighted by atomic mass is 9.43. The highest BCUT2D eigenvalue weighted by Crippen LogP contribution is 2.68. The van der Waals surface area contributed by atoms with Gasteiger partial charge in [-0.3, -0.25) is 4.79 Å². The van der Waals surface area contributed by atoms with Crippen molar-refractivity contribution < 1.29 is 15.0 Å². The van der Waals surface area contributed by atoms with Crippen LogP contribution in [-0.2, 0) is 4.79 Å². The summed E-state index contributed by atoms with van der Waals surface area (Å²) in [4.78, 5) is 16.5. The van der Waals surface area contributed by atoms with Crippen LogP contribution in [0.1, 0.15) is 90.5 Å². The van der Waals surface area contributed by atoms with E-state index < -0.39 is 0 Å². The molecule has 1 aliphatic heterocycles. The Labute approximate surface area is 228 Å². The Morgan fingerprint density at radius 3 is 2.65 bits per heavy atom. The fourth-order valence-corrected chi connectivity index (χ4v) is 11.4. The Balaban J connectivity index is 1.13. The van der Waals surface area contributed by atoms with Gasteiger partial charge in [0.2, 0.25) is 5.91 Å². The quantitative estimate of drug-likeness (QED) is 0.454. The fourth-order valence-electron chi connectivity index (χ4n) is 10.2. The van der Waals surface area contributed by atoms with Crippen LogP contribution in [-0.4, -0.2) is 34.2 Å². The van der Waals surface area contributed by atoms with E-state index in [0.29, 0.717) is 41.9 Å². The summed E-state index contributed by atoms with van der Waals surface area (Å²) in [6, 6.07) is 6.42. The number of anilines is 1. The van der Waals surface area contributed by atoms with Gasteiger partial charge in [0, 0.05) is 11.3 Å². The van der Waals surface area contributed by atoms with Crippen molar-refractivity contribution in [1.29, 1.82) is 0 Å². The Bertz CT molecular complexity index is 1040. The molecule has 1 amide bonds. The van der Waals surface area contributed by atoms with Crippen molar-refractivity contribution in [2.75, 3.05) is 10.8 Å². The van der Waals surface area contributed by atoms with Crippen LogP contribution in [0.15, 0.2) is 23.1 Å². The average Bonchev–Trinajstić information content (AvgIpc) is 3.44. The largest absolute Gasteiger partial charge is 0.393 e. The predicted octanol–water partition coefficient (Wildman–Crippen LogP) is 6.80. The minimum atomic E-state index is -0.218. The Kier molecular flexibility index (Phi) is 6.76. The van der Waals surface area contributed by atoms with Crippen molar-refractivity contribution in [3.8, 4) is 0 Å². The lowest BCUT2D eigenvalue weighted by Crippen LogP contribution is -2.58. The molecular formula is C32H47NO3S. The number of fused-ring (bicyclic) bond motifs is 6. The third-order valence-electron chi connectivity index (χ3n) is 12.3. The van der Waals surface area contributed by atoms with Crippen LogP contribution in [0.3, 0.4) is 0 Å². The Hall–Kier alpha value is -1.04. The molecule has 0 unspecified atom stereocenters. The number of hydrogen-bond donors (Lipinski definition) is 2. The van der Waals surface area contributed by atoms with E-state index in [9.17, 15) is 15.0 Å². The number of aryl methyl sites for hydroxylation is 1. The second-order valence-corrected chi connectivity index (χ2v) is 15.0. The maximum Gasteiger partial charge on any atom is 0.227 e. The average molecular weight is 526 g/mol. The van der Waals surface area contributed by atoms with Gasteiger partial charge >= 0.3 is 0 Å². The molecule has 5 heteroatoms. The van der Waals surface area contributed by atoms with Gasteiger partial charge in [0.15, 0.2) is 0 Å². The van der Waals surface area contributed by atoms with Gasteiger partial charge in [-0.25, -0.2) is 0 Å². The van der Waals surface area contributed by atoms with Gasteiger partial charge in [0.25, 0.3) is 0 Å². The topological polar surface area (TPSA) is 60.8 Å². The maximum absolute atomic E-state index is 13.3. The van der Waals surface area contributed by atoms with Crippen LogP contribution in [0.2, 0.25) is 0 Å². The molecule has 4 saturated carbocycles. The lowest BCUT2D eigenvalue weighted by Gasteiger charge is -2.62. The second-order valence-electron chi connectivity index (χ2n) is 14.0. The van der Waals surface area contributed by atoms with Crippen molar-refractivity contribution in [3.05, 3.63) is 23.8 Å². The third kappa shape index (κ3) is 4.21. The van der Waals surface area contributed by atoms with E-state index in [1.54, 1.807) is 11.8 Å². The number of rotatable bonds is 4. The molecule has 0 aromatic heterocycles. The number of thioether (sulfide) groups is 1. The molecule has 0 spiro atoms. The summed E-state index contributed by atoms with van der Waals surface area (Å²) in [5.41, 5.74) is 2.90. The maximum atomic E-state index is 13.3. The molecule has 1 heterocycles. The molecule has 0 bridgehead atoms. The number of carbonyl (C=O) groups is 1. The molecule has 0 saturated heterocycles. The summed E-state index contributed by atoms with van der Waals surface area (Å²) in [5.74, 6) is 4.25. The number of benzene rings is 1. The van der Waals surface area contributed by atoms with Gasteiger partial charge in [-0.05, 0) is 129 Å². The van der Waals surface area contributed by atoms with Gasteiger partial charge in [0.05, 0.1) is 23.8 Å². The van der Waals surface area contributed by atoms with E-state index in [4.69, 9.17) is 0 Å². The van der Waals surface area contributed by atoms with E-state index in [-0.39, 0.29) is 28.9 Å². The van der Waals surface area contributed by atoms with E-state index in [2.05, 4.69) is 45.9 Å². The molecular weight excluding hydrogens is 478 g/mol. The van der Waals surface area contributed by atoms with Crippen LogP contribution in [0, 0.1) is 53.3 Å². The van der Waals surface area contributed by atoms with Gasteiger partial charge in [0.1, 0.15) is 0 Å². The highest BCUT2D eigenvalue weighted by Gasteiger charge is 2.62. The number of carbonyl (C=O) groups excluding carboxylic acids is 1. The minimum absolute atomic E-state index is 0.174. The van der Waals surface area contributed by atoms with Crippen molar-refractivity contribution in [1.82, 2.24) is 0 Å². The molecule has 1 aromatic rings. The van der Waals surface area contributed by atoms with E-state index in [1.807, 2.05) is 4.90 Å². The standard InChI is InChI=1S/C32H47NO3S/c1-19-5-9-26-28(15-19)37-18-33(26)29(36)10-6-20(2)23-7-8-24-30-25(12-14-32(23,24)4)31(3)13-11-22(34)16-21(31)17-27(30)35/h5,9,15,20-25,27,30,34-35H,6-8,10-14,16-18H2,1-4H3/t20-,21+,22-,23-,24+,25+,27-,30+,31+,32-/m1/s1.